The van der Waals surface area contributed by atoms with E-state index in [1.807, 2.05) is 36.4 Å². The average molecular weight is 290 g/mol. The van der Waals surface area contributed by atoms with Gasteiger partial charge in [0.15, 0.2) is 0 Å². The standard InChI is InChI=1S/C16H13Cl2N/c1-2-19-10-15(11-3-5-12(17)6-4-11)14-9-13(18)7-8-16(14)19/h3-10H,2H2,1H3. The molecule has 0 saturated heterocycles. The molecule has 0 aliphatic carbocycles. The Kier molecular flexibility index (Phi) is 3.26. The third kappa shape index (κ3) is 2.24. The second-order valence-electron chi connectivity index (χ2n) is 4.50. The molecule has 0 spiro atoms. The fourth-order valence-corrected chi connectivity index (χ4v) is 2.69. The first-order chi connectivity index (χ1) is 9.19. The number of hydrogen-bond donors (Lipinski definition) is 0. The van der Waals surface area contributed by atoms with Crippen molar-refractivity contribution < 1.29 is 0 Å². The summed E-state index contributed by atoms with van der Waals surface area (Å²) in [6, 6.07) is 13.9. The van der Waals surface area contributed by atoms with Crippen molar-refractivity contribution in [2.45, 2.75) is 13.5 Å². The fourth-order valence-electron chi connectivity index (χ4n) is 2.39. The number of aryl methyl sites for hydroxylation is 1. The highest BCUT2D eigenvalue weighted by molar-refractivity contribution is 6.31. The van der Waals surface area contributed by atoms with Gasteiger partial charge in [-0.3, -0.25) is 0 Å². The normalized spacial score (nSPS) is 11.1. The average Bonchev–Trinajstić information content (AvgIpc) is 2.77. The topological polar surface area (TPSA) is 4.93 Å². The van der Waals surface area contributed by atoms with Crippen molar-refractivity contribution in [2.75, 3.05) is 0 Å². The number of halogens is 2. The summed E-state index contributed by atoms with van der Waals surface area (Å²) in [5, 5.41) is 2.69. The predicted molar refractivity (Wildman–Crippen MR) is 83.1 cm³/mol. The minimum Gasteiger partial charge on any atom is -0.347 e. The van der Waals surface area contributed by atoms with Crippen LogP contribution in [0.15, 0.2) is 48.7 Å². The highest BCUT2D eigenvalue weighted by Crippen LogP contribution is 2.33. The molecule has 1 aromatic heterocycles. The molecule has 3 aromatic rings. The maximum atomic E-state index is 6.13. The number of fused-ring (bicyclic) bond motifs is 1. The Balaban J connectivity index is 2.28. The summed E-state index contributed by atoms with van der Waals surface area (Å²) in [5.74, 6) is 0. The van der Waals surface area contributed by atoms with Crippen LogP contribution in [0, 0.1) is 0 Å². The van der Waals surface area contributed by atoms with Crippen molar-refractivity contribution in [1.29, 1.82) is 0 Å². The van der Waals surface area contributed by atoms with Crippen LogP contribution < -0.4 is 0 Å². The maximum absolute atomic E-state index is 6.13. The van der Waals surface area contributed by atoms with E-state index in [1.54, 1.807) is 0 Å². The maximum Gasteiger partial charge on any atom is 0.0487 e. The molecular formula is C16H13Cl2N. The van der Waals surface area contributed by atoms with E-state index in [-0.39, 0.29) is 0 Å². The highest BCUT2D eigenvalue weighted by Gasteiger charge is 2.10. The van der Waals surface area contributed by atoms with E-state index in [9.17, 15) is 0 Å². The monoisotopic (exact) mass is 289 g/mol. The summed E-state index contributed by atoms with van der Waals surface area (Å²) in [7, 11) is 0. The van der Waals surface area contributed by atoms with Gasteiger partial charge in [0, 0.05) is 39.3 Å². The smallest absolute Gasteiger partial charge is 0.0487 e. The van der Waals surface area contributed by atoms with Crippen LogP contribution in [0.25, 0.3) is 22.0 Å². The molecule has 0 N–H and O–H groups in total. The van der Waals surface area contributed by atoms with Gasteiger partial charge in [0.25, 0.3) is 0 Å². The Hall–Kier alpha value is -1.44. The van der Waals surface area contributed by atoms with Gasteiger partial charge in [-0.15, -0.1) is 0 Å². The highest BCUT2D eigenvalue weighted by atomic mass is 35.5. The van der Waals surface area contributed by atoms with Crippen LogP contribution in [0.5, 0.6) is 0 Å². The van der Waals surface area contributed by atoms with E-state index in [4.69, 9.17) is 23.2 Å². The first-order valence-electron chi connectivity index (χ1n) is 6.23. The van der Waals surface area contributed by atoms with Crippen molar-refractivity contribution in [3.63, 3.8) is 0 Å². The molecule has 0 saturated carbocycles. The summed E-state index contributed by atoms with van der Waals surface area (Å²) < 4.78 is 2.23. The van der Waals surface area contributed by atoms with E-state index in [1.165, 1.54) is 16.5 Å². The molecule has 0 radical (unpaired) electrons. The fraction of sp³-hybridized carbons (Fsp3) is 0.125. The van der Waals surface area contributed by atoms with Gasteiger partial charge in [-0.25, -0.2) is 0 Å². The van der Waals surface area contributed by atoms with Crippen molar-refractivity contribution in [1.82, 2.24) is 4.57 Å². The molecule has 3 heteroatoms. The molecule has 0 atom stereocenters. The second-order valence-corrected chi connectivity index (χ2v) is 5.37. The minimum absolute atomic E-state index is 0.751. The SMILES string of the molecule is CCn1cc(-c2ccc(Cl)cc2)c2cc(Cl)ccc21. The largest absolute Gasteiger partial charge is 0.347 e. The van der Waals surface area contributed by atoms with Gasteiger partial charge in [0.05, 0.1) is 0 Å². The predicted octanol–water partition coefficient (Wildman–Crippen LogP) is 5.64. The Bertz CT molecular complexity index is 726. The first-order valence-corrected chi connectivity index (χ1v) is 6.99. The minimum atomic E-state index is 0.751. The van der Waals surface area contributed by atoms with Crippen LogP contribution in [0.4, 0.5) is 0 Å². The summed E-state index contributed by atoms with van der Waals surface area (Å²) in [6.45, 7) is 3.07. The molecular weight excluding hydrogens is 277 g/mol. The van der Waals surface area contributed by atoms with Gasteiger partial charge in [-0.2, -0.15) is 0 Å². The van der Waals surface area contributed by atoms with Gasteiger partial charge in [-0.1, -0.05) is 35.3 Å². The molecule has 0 unspecified atom stereocenters. The van der Waals surface area contributed by atoms with Crippen LogP contribution in [0.2, 0.25) is 10.0 Å². The van der Waals surface area contributed by atoms with Crippen molar-refractivity contribution in [3.8, 4) is 11.1 Å². The third-order valence-corrected chi connectivity index (χ3v) is 3.83. The summed E-state index contributed by atoms with van der Waals surface area (Å²) >= 11 is 12.1. The third-order valence-electron chi connectivity index (χ3n) is 3.34. The zero-order valence-corrected chi connectivity index (χ0v) is 12.0. The van der Waals surface area contributed by atoms with Gasteiger partial charge < -0.3 is 4.57 Å². The number of nitrogens with zero attached hydrogens (tertiary/aromatic N) is 1. The Labute approximate surface area is 122 Å². The molecule has 0 fully saturated rings. The number of rotatable bonds is 2. The zero-order valence-electron chi connectivity index (χ0n) is 10.5. The van der Waals surface area contributed by atoms with Crippen LogP contribution in [0.3, 0.4) is 0 Å². The number of aromatic nitrogens is 1. The van der Waals surface area contributed by atoms with Crippen LogP contribution in [0.1, 0.15) is 6.92 Å². The summed E-state index contributed by atoms with van der Waals surface area (Å²) in [6.07, 6.45) is 2.17. The van der Waals surface area contributed by atoms with Gasteiger partial charge in [0.1, 0.15) is 0 Å². The van der Waals surface area contributed by atoms with Crippen LogP contribution in [-0.4, -0.2) is 4.57 Å². The lowest BCUT2D eigenvalue weighted by molar-refractivity contribution is 0.798. The summed E-state index contributed by atoms with van der Waals surface area (Å²) in [5.41, 5.74) is 3.55. The Morgan fingerprint density at radius 2 is 1.63 bits per heavy atom. The summed E-state index contributed by atoms with van der Waals surface area (Å²) in [4.78, 5) is 0. The van der Waals surface area contributed by atoms with Crippen molar-refractivity contribution >= 4 is 34.1 Å². The molecule has 0 aliphatic heterocycles. The lowest BCUT2D eigenvalue weighted by atomic mass is 10.1. The second kappa shape index (κ2) is 4.92. The van der Waals surface area contributed by atoms with E-state index in [2.05, 4.69) is 23.8 Å². The first kappa shape index (κ1) is 12.6. The molecule has 0 amide bonds. The van der Waals surface area contributed by atoms with Crippen molar-refractivity contribution in [3.05, 3.63) is 58.7 Å². The van der Waals surface area contributed by atoms with Gasteiger partial charge in [-0.05, 0) is 42.8 Å². The molecule has 3 rings (SSSR count). The molecule has 96 valence electrons. The number of hydrogen-bond acceptors (Lipinski definition) is 0. The van der Waals surface area contributed by atoms with Crippen molar-refractivity contribution in [2.24, 2.45) is 0 Å². The lowest BCUT2D eigenvalue weighted by Crippen LogP contribution is -1.89. The molecule has 1 heterocycles. The van der Waals surface area contributed by atoms with E-state index in [0.29, 0.717) is 0 Å². The molecule has 19 heavy (non-hydrogen) atoms. The molecule has 1 nitrogen and oxygen atoms in total. The Morgan fingerprint density at radius 1 is 0.947 bits per heavy atom. The van der Waals surface area contributed by atoms with E-state index >= 15 is 0 Å². The molecule has 2 aromatic carbocycles. The van der Waals surface area contributed by atoms with E-state index in [0.717, 1.165) is 22.2 Å². The Morgan fingerprint density at radius 3 is 2.32 bits per heavy atom. The molecule has 0 aliphatic rings. The van der Waals surface area contributed by atoms with Crippen LogP contribution >= 0.6 is 23.2 Å². The van der Waals surface area contributed by atoms with Gasteiger partial charge >= 0.3 is 0 Å². The van der Waals surface area contributed by atoms with Gasteiger partial charge in [0.2, 0.25) is 0 Å². The zero-order chi connectivity index (χ0) is 13.4. The molecule has 0 bridgehead atoms. The lowest BCUT2D eigenvalue weighted by Gasteiger charge is -2.00. The van der Waals surface area contributed by atoms with Crippen LogP contribution in [-0.2, 0) is 6.54 Å². The quantitative estimate of drug-likeness (QED) is 0.576. The number of benzene rings is 2. The van der Waals surface area contributed by atoms with E-state index < -0.39 is 0 Å².